The number of halogens is 1. The van der Waals surface area contributed by atoms with E-state index in [1.807, 2.05) is 6.92 Å². The van der Waals surface area contributed by atoms with Crippen molar-refractivity contribution in [1.82, 2.24) is 0 Å². The number of rotatable bonds is 7. The number of carbonyl (C=O) groups excluding carboxylic acids is 1. The van der Waals surface area contributed by atoms with E-state index in [2.05, 4.69) is 0 Å². The van der Waals surface area contributed by atoms with Gasteiger partial charge in [-0.25, -0.2) is 0 Å². The van der Waals surface area contributed by atoms with Crippen LogP contribution in [0, 0.1) is 0 Å². The summed E-state index contributed by atoms with van der Waals surface area (Å²) in [6.45, 7) is 2.00. The summed E-state index contributed by atoms with van der Waals surface area (Å²) < 4.78 is 10.6. The fraction of sp³-hybridized carbons (Fsp3) is 0.500. The van der Waals surface area contributed by atoms with Crippen molar-refractivity contribution in [3.8, 4) is 11.5 Å². The van der Waals surface area contributed by atoms with Crippen LogP contribution in [0.15, 0.2) is 12.1 Å². The molecule has 0 fully saturated rings. The maximum atomic E-state index is 11.6. The van der Waals surface area contributed by atoms with Crippen molar-refractivity contribution in [2.45, 2.75) is 32.6 Å². The second-order valence-corrected chi connectivity index (χ2v) is 4.51. The average molecular weight is 271 g/mol. The average Bonchev–Trinajstić information content (AvgIpc) is 2.36. The predicted molar refractivity (Wildman–Crippen MR) is 72.8 cm³/mol. The highest BCUT2D eigenvalue weighted by atomic mass is 35.5. The Labute approximate surface area is 113 Å². The van der Waals surface area contributed by atoms with Crippen LogP contribution in [-0.2, 0) is 11.2 Å². The van der Waals surface area contributed by atoms with Crippen molar-refractivity contribution < 1.29 is 14.3 Å². The fourth-order valence-corrected chi connectivity index (χ4v) is 2.06. The van der Waals surface area contributed by atoms with Gasteiger partial charge in [0.15, 0.2) is 0 Å². The lowest BCUT2D eigenvalue weighted by Gasteiger charge is -2.13. The molecule has 0 atom stereocenters. The van der Waals surface area contributed by atoms with Gasteiger partial charge in [0.2, 0.25) is 0 Å². The third-order valence-corrected chi connectivity index (χ3v) is 2.97. The van der Waals surface area contributed by atoms with E-state index < -0.39 is 0 Å². The molecule has 0 aliphatic heterocycles. The molecule has 1 rings (SSSR count). The smallest absolute Gasteiger partial charge is 0.133 e. The minimum absolute atomic E-state index is 0.261. The first-order chi connectivity index (χ1) is 8.62. The van der Waals surface area contributed by atoms with Crippen molar-refractivity contribution in [1.29, 1.82) is 0 Å². The first-order valence-corrected chi connectivity index (χ1v) is 6.42. The van der Waals surface area contributed by atoms with E-state index in [-0.39, 0.29) is 5.78 Å². The normalized spacial score (nSPS) is 10.2. The number of hydrogen-bond acceptors (Lipinski definition) is 3. The lowest BCUT2D eigenvalue weighted by molar-refractivity contribution is -0.119. The summed E-state index contributed by atoms with van der Waals surface area (Å²) in [6.07, 6.45) is 2.62. The standard InChI is InChI=1S/C14H19ClO3/c1-4-5-11(16)6-7-12-13(17-2)8-10(15)9-14(12)18-3/h8-9H,4-7H2,1-3H3. The van der Waals surface area contributed by atoms with Gasteiger partial charge in [0, 0.05) is 23.4 Å². The van der Waals surface area contributed by atoms with E-state index in [1.165, 1.54) is 0 Å². The monoisotopic (exact) mass is 270 g/mol. The molecule has 100 valence electrons. The van der Waals surface area contributed by atoms with Crippen LogP contribution < -0.4 is 9.47 Å². The third-order valence-electron chi connectivity index (χ3n) is 2.76. The molecule has 0 heterocycles. The van der Waals surface area contributed by atoms with Gasteiger partial charge in [-0.3, -0.25) is 4.79 Å². The van der Waals surface area contributed by atoms with Crippen LogP contribution in [0.3, 0.4) is 0 Å². The Balaban J connectivity index is 2.88. The Bertz CT molecular complexity index is 390. The zero-order chi connectivity index (χ0) is 13.5. The summed E-state index contributed by atoms with van der Waals surface area (Å²) in [6, 6.07) is 3.48. The molecule has 0 N–H and O–H groups in total. The number of carbonyl (C=O) groups is 1. The summed E-state index contributed by atoms with van der Waals surface area (Å²) >= 11 is 5.97. The van der Waals surface area contributed by atoms with Crippen LogP contribution in [0.1, 0.15) is 31.7 Å². The second-order valence-electron chi connectivity index (χ2n) is 4.08. The number of Topliss-reactive ketones (excluding diaryl/α,β-unsaturated/α-hetero) is 1. The molecule has 4 heteroatoms. The lowest BCUT2D eigenvalue weighted by atomic mass is 10.0. The van der Waals surface area contributed by atoms with Crippen LogP contribution in [-0.4, -0.2) is 20.0 Å². The number of hydrogen-bond donors (Lipinski definition) is 0. The Hall–Kier alpha value is -1.22. The van der Waals surface area contributed by atoms with Crippen LogP contribution in [0.4, 0.5) is 0 Å². The number of ether oxygens (including phenoxy) is 2. The largest absolute Gasteiger partial charge is 0.496 e. The molecule has 0 spiro atoms. The molecule has 0 aliphatic rings. The van der Waals surface area contributed by atoms with Gasteiger partial charge in [-0.15, -0.1) is 0 Å². The van der Waals surface area contributed by atoms with E-state index >= 15 is 0 Å². The molecule has 3 nitrogen and oxygen atoms in total. The molecule has 1 aromatic rings. The summed E-state index contributed by atoms with van der Waals surface area (Å²) in [7, 11) is 3.17. The zero-order valence-corrected chi connectivity index (χ0v) is 11.8. The van der Waals surface area contributed by atoms with Gasteiger partial charge in [0.1, 0.15) is 17.3 Å². The minimum atomic E-state index is 0.261. The zero-order valence-electron chi connectivity index (χ0n) is 11.1. The quantitative estimate of drug-likeness (QED) is 0.758. The topological polar surface area (TPSA) is 35.5 Å². The molecule has 0 aromatic heterocycles. The van der Waals surface area contributed by atoms with Gasteiger partial charge < -0.3 is 9.47 Å². The SMILES string of the molecule is CCCC(=O)CCc1c(OC)cc(Cl)cc1OC. The number of ketones is 1. The summed E-state index contributed by atoms with van der Waals surface area (Å²) in [4.78, 5) is 11.6. The Morgan fingerprint density at radius 3 is 2.17 bits per heavy atom. The molecular weight excluding hydrogens is 252 g/mol. The maximum Gasteiger partial charge on any atom is 0.133 e. The van der Waals surface area contributed by atoms with Crippen molar-refractivity contribution >= 4 is 17.4 Å². The summed E-state index contributed by atoms with van der Waals surface area (Å²) in [5.74, 6) is 1.60. The highest BCUT2D eigenvalue weighted by Gasteiger charge is 2.13. The van der Waals surface area contributed by atoms with Crippen molar-refractivity contribution in [3.63, 3.8) is 0 Å². The molecule has 0 saturated carbocycles. The van der Waals surface area contributed by atoms with Gasteiger partial charge in [-0.05, 0) is 25.0 Å². The van der Waals surface area contributed by atoms with Crippen molar-refractivity contribution in [2.24, 2.45) is 0 Å². The molecule has 0 radical (unpaired) electrons. The Kier molecular flexibility index (Phi) is 5.99. The number of methoxy groups -OCH3 is 2. The molecule has 18 heavy (non-hydrogen) atoms. The summed E-state index contributed by atoms with van der Waals surface area (Å²) in [5, 5.41) is 0.562. The van der Waals surface area contributed by atoms with Crippen LogP contribution >= 0.6 is 11.6 Å². The molecule has 0 bridgehead atoms. The first kappa shape index (κ1) is 14.8. The molecule has 0 saturated heterocycles. The fourth-order valence-electron chi connectivity index (χ4n) is 1.87. The molecule has 0 amide bonds. The maximum absolute atomic E-state index is 11.6. The van der Waals surface area contributed by atoms with Gasteiger partial charge in [-0.1, -0.05) is 18.5 Å². The van der Waals surface area contributed by atoms with E-state index in [9.17, 15) is 4.79 Å². The van der Waals surface area contributed by atoms with E-state index in [1.54, 1.807) is 26.4 Å². The van der Waals surface area contributed by atoms with Crippen molar-refractivity contribution in [3.05, 3.63) is 22.7 Å². The van der Waals surface area contributed by atoms with Crippen LogP contribution in [0.2, 0.25) is 5.02 Å². The van der Waals surface area contributed by atoms with Crippen LogP contribution in [0.5, 0.6) is 11.5 Å². The highest BCUT2D eigenvalue weighted by Crippen LogP contribution is 2.33. The van der Waals surface area contributed by atoms with Gasteiger partial charge in [-0.2, -0.15) is 0 Å². The van der Waals surface area contributed by atoms with E-state index in [0.717, 1.165) is 12.0 Å². The molecule has 0 unspecified atom stereocenters. The van der Waals surface area contributed by atoms with Gasteiger partial charge in [0.05, 0.1) is 14.2 Å². The van der Waals surface area contributed by atoms with E-state index in [4.69, 9.17) is 21.1 Å². The summed E-state index contributed by atoms with van der Waals surface area (Å²) in [5.41, 5.74) is 0.897. The van der Waals surface area contributed by atoms with E-state index in [0.29, 0.717) is 35.8 Å². The highest BCUT2D eigenvalue weighted by molar-refractivity contribution is 6.30. The second kappa shape index (κ2) is 7.27. The molecule has 0 aliphatic carbocycles. The molecular formula is C14H19ClO3. The van der Waals surface area contributed by atoms with Crippen molar-refractivity contribution in [2.75, 3.05) is 14.2 Å². The predicted octanol–water partition coefficient (Wildman–Crippen LogP) is 3.66. The van der Waals surface area contributed by atoms with Gasteiger partial charge >= 0.3 is 0 Å². The Morgan fingerprint density at radius 2 is 1.72 bits per heavy atom. The first-order valence-electron chi connectivity index (χ1n) is 6.04. The minimum Gasteiger partial charge on any atom is -0.496 e. The lowest BCUT2D eigenvalue weighted by Crippen LogP contribution is -2.03. The number of benzene rings is 1. The third kappa shape index (κ3) is 3.91. The Morgan fingerprint density at radius 1 is 1.17 bits per heavy atom. The molecule has 1 aromatic carbocycles. The van der Waals surface area contributed by atoms with Gasteiger partial charge in [0.25, 0.3) is 0 Å². The van der Waals surface area contributed by atoms with Crippen LogP contribution in [0.25, 0.3) is 0 Å².